The smallest absolute Gasteiger partial charge is 0.398 e. The fraction of sp³-hybridized carbons (Fsp3) is 0.368. The van der Waals surface area contributed by atoms with Gasteiger partial charge in [-0.05, 0) is 37.6 Å². The summed E-state index contributed by atoms with van der Waals surface area (Å²) in [7, 11) is 1.17. The molecule has 4 nitrogen and oxygen atoms in total. The van der Waals surface area contributed by atoms with Crippen LogP contribution in [0.15, 0.2) is 35.9 Å². The molecule has 0 saturated carbocycles. The van der Waals surface area contributed by atoms with Crippen LogP contribution in [0.4, 0.5) is 13.2 Å². The maximum Gasteiger partial charge on any atom is 0.398 e. The zero-order chi connectivity index (χ0) is 19.8. The first kappa shape index (κ1) is 19.7. The van der Waals surface area contributed by atoms with Gasteiger partial charge in [-0.1, -0.05) is 24.0 Å². The molecule has 138 valence electrons. The molecule has 26 heavy (non-hydrogen) atoms. The molecule has 1 aliphatic rings. The number of ketones is 1. The molecular formula is C19H17F3O4. The molecule has 1 aromatic carbocycles. The molecule has 0 bridgehead atoms. The Morgan fingerprint density at radius 1 is 1.31 bits per heavy atom. The van der Waals surface area contributed by atoms with Crippen molar-refractivity contribution in [2.45, 2.75) is 32.0 Å². The van der Waals surface area contributed by atoms with Crippen molar-refractivity contribution in [1.82, 2.24) is 0 Å². The number of rotatable bonds is 1. The lowest BCUT2D eigenvalue weighted by Crippen LogP contribution is -2.58. The van der Waals surface area contributed by atoms with Crippen LogP contribution in [0.5, 0.6) is 0 Å². The molecule has 2 unspecified atom stereocenters. The Balaban J connectivity index is 2.64. The number of carbonyl (C=O) groups is 2. The van der Waals surface area contributed by atoms with E-state index in [0.29, 0.717) is 0 Å². The number of hydrogen-bond donors (Lipinski definition) is 1. The van der Waals surface area contributed by atoms with E-state index in [9.17, 15) is 27.9 Å². The van der Waals surface area contributed by atoms with Gasteiger partial charge in [-0.2, -0.15) is 13.2 Å². The van der Waals surface area contributed by atoms with Crippen LogP contribution >= 0.6 is 0 Å². The van der Waals surface area contributed by atoms with Crippen LogP contribution in [0.1, 0.15) is 36.2 Å². The number of halogens is 3. The quantitative estimate of drug-likeness (QED) is 0.613. The first-order valence-electron chi connectivity index (χ1n) is 7.67. The van der Waals surface area contributed by atoms with Gasteiger partial charge in [-0.3, -0.25) is 4.79 Å². The molecular weight excluding hydrogens is 349 g/mol. The third-order valence-corrected chi connectivity index (χ3v) is 4.61. The topological polar surface area (TPSA) is 63.6 Å². The van der Waals surface area contributed by atoms with E-state index in [1.165, 1.54) is 26.2 Å². The van der Waals surface area contributed by atoms with Crippen LogP contribution in [-0.4, -0.2) is 35.7 Å². The van der Waals surface area contributed by atoms with E-state index in [-0.39, 0.29) is 16.7 Å². The molecule has 0 spiro atoms. The fourth-order valence-electron chi connectivity index (χ4n) is 2.89. The predicted molar refractivity (Wildman–Crippen MR) is 87.2 cm³/mol. The highest BCUT2D eigenvalue weighted by atomic mass is 19.4. The Bertz CT molecular complexity index is 844. The van der Waals surface area contributed by atoms with Gasteiger partial charge in [0.05, 0.1) is 12.7 Å². The number of carbonyl (C=O) groups excluding carboxylic acids is 2. The largest absolute Gasteiger partial charge is 0.465 e. The molecule has 0 heterocycles. The summed E-state index contributed by atoms with van der Waals surface area (Å²) in [5, 5.41) is 10.8. The SMILES string of the molecule is COC(=O)c1ccccc1C#CC1(O)C(C)=CC(=O)CC1(C)C(F)(F)F. The monoisotopic (exact) mass is 366 g/mol. The first-order valence-corrected chi connectivity index (χ1v) is 7.67. The molecule has 0 radical (unpaired) electrons. The zero-order valence-electron chi connectivity index (χ0n) is 14.4. The van der Waals surface area contributed by atoms with Crippen LogP contribution in [0.3, 0.4) is 0 Å². The van der Waals surface area contributed by atoms with Crippen LogP contribution in [0.2, 0.25) is 0 Å². The van der Waals surface area contributed by atoms with E-state index in [2.05, 4.69) is 16.6 Å². The van der Waals surface area contributed by atoms with E-state index in [1.807, 2.05) is 0 Å². The minimum atomic E-state index is -4.87. The molecule has 1 N–H and O–H groups in total. The van der Waals surface area contributed by atoms with Gasteiger partial charge >= 0.3 is 12.1 Å². The summed E-state index contributed by atoms with van der Waals surface area (Å²) in [6.07, 6.45) is -4.82. The number of benzene rings is 1. The van der Waals surface area contributed by atoms with Crippen LogP contribution in [-0.2, 0) is 9.53 Å². The summed E-state index contributed by atoms with van der Waals surface area (Å²) in [6, 6.07) is 5.95. The van der Waals surface area contributed by atoms with Gasteiger partial charge in [-0.25, -0.2) is 4.79 Å². The second-order valence-corrected chi connectivity index (χ2v) is 6.30. The average Bonchev–Trinajstić information content (AvgIpc) is 2.56. The maximum absolute atomic E-state index is 13.7. The van der Waals surface area contributed by atoms with Crippen molar-refractivity contribution >= 4 is 11.8 Å². The van der Waals surface area contributed by atoms with E-state index < -0.39 is 35.4 Å². The number of esters is 1. The summed E-state index contributed by atoms with van der Waals surface area (Å²) in [5.74, 6) is 3.28. The molecule has 0 aromatic heterocycles. The lowest BCUT2D eigenvalue weighted by Gasteiger charge is -2.45. The lowest BCUT2D eigenvalue weighted by atomic mass is 9.63. The Morgan fingerprint density at radius 3 is 2.50 bits per heavy atom. The van der Waals surface area contributed by atoms with Crippen molar-refractivity contribution in [2.75, 3.05) is 7.11 Å². The van der Waals surface area contributed by atoms with Gasteiger partial charge in [0.25, 0.3) is 0 Å². The number of aliphatic hydroxyl groups is 1. The van der Waals surface area contributed by atoms with E-state index in [4.69, 9.17) is 0 Å². The number of allylic oxidation sites excluding steroid dienone is 1. The van der Waals surface area contributed by atoms with Gasteiger partial charge in [-0.15, -0.1) is 0 Å². The molecule has 0 fully saturated rings. The summed E-state index contributed by atoms with van der Waals surface area (Å²) in [5.41, 5.74) is -5.40. The van der Waals surface area contributed by atoms with E-state index in [0.717, 1.165) is 13.0 Å². The minimum Gasteiger partial charge on any atom is -0.465 e. The Labute approximate surface area is 148 Å². The van der Waals surface area contributed by atoms with Crippen molar-refractivity contribution in [3.8, 4) is 11.8 Å². The normalized spacial score (nSPS) is 25.8. The highest BCUT2D eigenvalue weighted by Gasteiger charge is 2.65. The van der Waals surface area contributed by atoms with Crippen molar-refractivity contribution in [3.05, 3.63) is 47.0 Å². The van der Waals surface area contributed by atoms with Crippen LogP contribution in [0, 0.1) is 17.3 Å². The molecule has 2 atom stereocenters. The van der Waals surface area contributed by atoms with Crippen LogP contribution < -0.4 is 0 Å². The highest BCUT2D eigenvalue weighted by molar-refractivity contribution is 5.93. The number of ether oxygens (including phenoxy) is 1. The van der Waals surface area contributed by atoms with Crippen LogP contribution in [0.25, 0.3) is 0 Å². The molecule has 0 aliphatic heterocycles. The molecule has 1 aromatic rings. The summed E-state index contributed by atoms with van der Waals surface area (Å²) in [6.45, 7) is 1.99. The predicted octanol–water partition coefficient (Wildman–Crippen LogP) is 3.04. The second-order valence-electron chi connectivity index (χ2n) is 6.30. The van der Waals surface area contributed by atoms with E-state index in [1.54, 1.807) is 12.1 Å². The van der Waals surface area contributed by atoms with Gasteiger partial charge in [0, 0.05) is 12.0 Å². The summed E-state index contributed by atoms with van der Waals surface area (Å²) < 4.78 is 45.6. The first-order chi connectivity index (χ1) is 12.0. The molecule has 0 saturated heterocycles. The van der Waals surface area contributed by atoms with Crippen molar-refractivity contribution in [2.24, 2.45) is 5.41 Å². The van der Waals surface area contributed by atoms with Gasteiger partial charge in [0.2, 0.25) is 0 Å². The van der Waals surface area contributed by atoms with Gasteiger partial charge < -0.3 is 9.84 Å². The summed E-state index contributed by atoms with van der Waals surface area (Å²) in [4.78, 5) is 23.5. The zero-order valence-corrected chi connectivity index (χ0v) is 14.4. The minimum absolute atomic E-state index is 0.0633. The molecule has 1 aliphatic carbocycles. The second kappa shape index (κ2) is 6.61. The Kier molecular flexibility index (Phi) is 5.02. The van der Waals surface area contributed by atoms with Gasteiger partial charge in [0.1, 0.15) is 5.41 Å². The maximum atomic E-state index is 13.7. The Hall–Kier alpha value is -2.59. The third-order valence-electron chi connectivity index (χ3n) is 4.61. The molecule has 7 heteroatoms. The van der Waals surface area contributed by atoms with Crippen molar-refractivity contribution in [1.29, 1.82) is 0 Å². The summed E-state index contributed by atoms with van der Waals surface area (Å²) >= 11 is 0. The Morgan fingerprint density at radius 2 is 1.92 bits per heavy atom. The average molecular weight is 366 g/mol. The van der Waals surface area contributed by atoms with Crippen molar-refractivity contribution < 1.29 is 32.6 Å². The molecule has 0 amide bonds. The van der Waals surface area contributed by atoms with E-state index >= 15 is 0 Å². The van der Waals surface area contributed by atoms with Gasteiger partial charge in [0.15, 0.2) is 11.4 Å². The third kappa shape index (κ3) is 3.13. The fourth-order valence-corrected chi connectivity index (χ4v) is 2.89. The number of hydrogen-bond acceptors (Lipinski definition) is 4. The highest BCUT2D eigenvalue weighted by Crippen LogP contribution is 2.53. The number of alkyl halides is 3. The van der Waals surface area contributed by atoms with Crippen molar-refractivity contribution in [3.63, 3.8) is 0 Å². The standard InChI is InChI=1S/C19H17F3O4/c1-12-10-14(23)11-17(2,19(20,21)22)18(12,25)9-8-13-6-4-5-7-15(13)16(24)26-3/h4-7,10,25H,11H2,1-3H3. The molecule has 2 rings (SSSR count). The lowest BCUT2D eigenvalue weighted by molar-refractivity contribution is -0.259. The number of methoxy groups -OCH3 is 1.